The summed E-state index contributed by atoms with van der Waals surface area (Å²) in [6.07, 6.45) is 2.31. The van der Waals surface area contributed by atoms with Gasteiger partial charge in [-0.2, -0.15) is 0 Å². The number of imidazole rings is 1. The molecule has 1 aromatic heterocycles. The molecule has 0 amide bonds. The Balaban J connectivity index is 1.84. The Morgan fingerprint density at radius 3 is 2.62 bits per heavy atom. The van der Waals surface area contributed by atoms with Crippen LogP contribution < -0.4 is 0 Å². The van der Waals surface area contributed by atoms with E-state index in [1.807, 2.05) is 18.2 Å². The lowest BCUT2D eigenvalue weighted by atomic mass is 10.2. The van der Waals surface area contributed by atoms with Crippen LogP contribution in [-0.4, -0.2) is 21.5 Å². The van der Waals surface area contributed by atoms with Gasteiger partial charge in [-0.3, -0.25) is 4.90 Å². The molecule has 3 nitrogen and oxygen atoms in total. The van der Waals surface area contributed by atoms with Gasteiger partial charge in [0.05, 0.1) is 17.6 Å². The molecule has 0 saturated heterocycles. The van der Waals surface area contributed by atoms with E-state index in [2.05, 4.69) is 53.8 Å². The van der Waals surface area contributed by atoms with Crippen LogP contribution >= 0.6 is 11.6 Å². The van der Waals surface area contributed by atoms with Gasteiger partial charge in [-0.1, -0.05) is 55.3 Å². The fraction of sp³-hybridized carbons (Fsp3) is 0.350. The topological polar surface area (TPSA) is 21.1 Å². The Kier molecular flexibility index (Phi) is 5.54. The van der Waals surface area contributed by atoms with Gasteiger partial charge in [0.15, 0.2) is 0 Å². The number of fused-ring (bicyclic) bond motifs is 1. The van der Waals surface area contributed by atoms with E-state index in [1.165, 1.54) is 12.0 Å². The van der Waals surface area contributed by atoms with Gasteiger partial charge >= 0.3 is 0 Å². The maximum absolute atomic E-state index is 6.20. The summed E-state index contributed by atoms with van der Waals surface area (Å²) in [7, 11) is 2.14. The van der Waals surface area contributed by atoms with E-state index < -0.39 is 0 Å². The molecule has 0 unspecified atom stereocenters. The van der Waals surface area contributed by atoms with Crippen molar-refractivity contribution < 1.29 is 0 Å². The summed E-state index contributed by atoms with van der Waals surface area (Å²) < 4.78 is 2.33. The van der Waals surface area contributed by atoms with Gasteiger partial charge in [-0.15, -0.1) is 0 Å². The second-order valence-corrected chi connectivity index (χ2v) is 6.76. The number of unbranched alkanes of at least 4 members (excludes halogenated alkanes) is 1. The highest BCUT2D eigenvalue weighted by molar-refractivity contribution is 6.31. The molecule has 0 spiro atoms. The fourth-order valence-electron chi connectivity index (χ4n) is 3.02. The fourth-order valence-corrected chi connectivity index (χ4v) is 3.19. The largest absolute Gasteiger partial charge is 0.327 e. The first kappa shape index (κ1) is 17.0. The molecule has 0 atom stereocenters. The second kappa shape index (κ2) is 7.82. The number of rotatable bonds is 7. The van der Waals surface area contributed by atoms with Crippen LogP contribution in [0.2, 0.25) is 5.02 Å². The minimum absolute atomic E-state index is 0.768. The molecule has 0 aliphatic carbocycles. The first-order chi connectivity index (χ1) is 11.7. The van der Waals surface area contributed by atoms with Crippen LogP contribution in [0.25, 0.3) is 11.0 Å². The Morgan fingerprint density at radius 1 is 1.08 bits per heavy atom. The van der Waals surface area contributed by atoms with Crippen molar-refractivity contribution in [2.24, 2.45) is 0 Å². The van der Waals surface area contributed by atoms with Gasteiger partial charge in [0.25, 0.3) is 0 Å². The van der Waals surface area contributed by atoms with Crippen molar-refractivity contribution in [2.45, 2.75) is 39.4 Å². The van der Waals surface area contributed by atoms with E-state index in [-0.39, 0.29) is 0 Å². The van der Waals surface area contributed by atoms with Crippen molar-refractivity contribution >= 4 is 22.6 Å². The Labute approximate surface area is 148 Å². The highest BCUT2D eigenvalue weighted by Gasteiger charge is 2.13. The summed E-state index contributed by atoms with van der Waals surface area (Å²) in [5, 5.41) is 0.768. The number of hydrogen-bond donors (Lipinski definition) is 0. The Hall–Kier alpha value is -1.84. The second-order valence-electron chi connectivity index (χ2n) is 6.32. The van der Waals surface area contributed by atoms with Crippen molar-refractivity contribution in [2.75, 3.05) is 7.05 Å². The van der Waals surface area contributed by atoms with Gasteiger partial charge in [0.2, 0.25) is 0 Å². The lowest BCUT2D eigenvalue weighted by Gasteiger charge is -2.17. The normalized spacial score (nSPS) is 11.5. The number of halogens is 1. The van der Waals surface area contributed by atoms with E-state index in [1.54, 1.807) is 0 Å². The van der Waals surface area contributed by atoms with E-state index >= 15 is 0 Å². The van der Waals surface area contributed by atoms with E-state index in [0.29, 0.717) is 0 Å². The summed E-state index contributed by atoms with van der Waals surface area (Å²) >= 11 is 6.20. The SMILES string of the molecule is CCCCn1c(CN(C)Cc2ccccc2)nc2ccc(Cl)cc21. The first-order valence-corrected chi connectivity index (χ1v) is 8.92. The van der Waals surface area contributed by atoms with Crippen LogP contribution in [0.1, 0.15) is 31.2 Å². The molecule has 0 aliphatic rings. The number of hydrogen-bond acceptors (Lipinski definition) is 2. The number of aryl methyl sites for hydroxylation is 1. The summed E-state index contributed by atoms with van der Waals surface area (Å²) in [6.45, 7) is 4.94. The van der Waals surface area contributed by atoms with Gasteiger partial charge in [-0.25, -0.2) is 4.98 Å². The van der Waals surface area contributed by atoms with E-state index in [4.69, 9.17) is 16.6 Å². The lowest BCUT2D eigenvalue weighted by Crippen LogP contribution is -2.20. The van der Waals surface area contributed by atoms with Gasteiger partial charge < -0.3 is 4.57 Å². The van der Waals surface area contributed by atoms with Crippen molar-refractivity contribution in [3.8, 4) is 0 Å². The number of benzene rings is 2. The third-order valence-corrected chi connectivity index (χ3v) is 4.47. The van der Waals surface area contributed by atoms with Gasteiger partial charge in [-0.05, 0) is 37.2 Å². The van der Waals surface area contributed by atoms with Crippen LogP contribution in [0.5, 0.6) is 0 Å². The molecule has 3 rings (SSSR count). The highest BCUT2D eigenvalue weighted by Crippen LogP contribution is 2.22. The standard InChI is InChI=1S/C20H24ClN3/c1-3-4-12-24-19-13-17(21)10-11-18(19)22-20(24)15-23(2)14-16-8-6-5-7-9-16/h5-11,13H,3-4,12,14-15H2,1-2H3. The molecule has 0 fully saturated rings. The van der Waals surface area contributed by atoms with Crippen LogP contribution in [0.15, 0.2) is 48.5 Å². The monoisotopic (exact) mass is 341 g/mol. The number of aromatic nitrogens is 2. The summed E-state index contributed by atoms with van der Waals surface area (Å²) in [5.41, 5.74) is 3.48. The van der Waals surface area contributed by atoms with Crippen molar-refractivity contribution in [3.05, 3.63) is 64.9 Å². The zero-order valence-corrected chi connectivity index (χ0v) is 15.1. The molecule has 126 valence electrons. The maximum atomic E-state index is 6.20. The summed E-state index contributed by atoms with van der Waals surface area (Å²) in [5.74, 6) is 1.11. The zero-order valence-electron chi connectivity index (χ0n) is 14.4. The maximum Gasteiger partial charge on any atom is 0.124 e. The molecule has 4 heteroatoms. The lowest BCUT2D eigenvalue weighted by molar-refractivity contribution is 0.305. The molecule has 0 radical (unpaired) electrons. The summed E-state index contributed by atoms with van der Waals surface area (Å²) in [6, 6.07) is 16.5. The molecular formula is C20H24ClN3. The molecular weight excluding hydrogens is 318 g/mol. The van der Waals surface area contributed by atoms with Gasteiger partial charge in [0, 0.05) is 18.1 Å². The van der Waals surface area contributed by atoms with Crippen LogP contribution in [0.3, 0.4) is 0 Å². The zero-order chi connectivity index (χ0) is 16.9. The smallest absolute Gasteiger partial charge is 0.124 e. The molecule has 24 heavy (non-hydrogen) atoms. The molecule has 0 N–H and O–H groups in total. The Bertz CT molecular complexity index is 795. The molecule has 3 aromatic rings. The third-order valence-electron chi connectivity index (χ3n) is 4.23. The quantitative estimate of drug-likeness (QED) is 0.594. The first-order valence-electron chi connectivity index (χ1n) is 8.54. The average Bonchev–Trinajstić information content (AvgIpc) is 2.90. The molecule has 0 saturated carbocycles. The molecule has 0 aliphatic heterocycles. The van der Waals surface area contributed by atoms with Crippen LogP contribution in [0.4, 0.5) is 0 Å². The third kappa shape index (κ3) is 3.97. The van der Waals surface area contributed by atoms with Crippen molar-refractivity contribution in [1.82, 2.24) is 14.5 Å². The predicted octanol–water partition coefficient (Wildman–Crippen LogP) is 5.12. The van der Waals surface area contributed by atoms with E-state index in [0.717, 1.165) is 47.9 Å². The highest BCUT2D eigenvalue weighted by atomic mass is 35.5. The Morgan fingerprint density at radius 2 is 1.88 bits per heavy atom. The molecule has 1 heterocycles. The van der Waals surface area contributed by atoms with E-state index in [9.17, 15) is 0 Å². The molecule has 2 aromatic carbocycles. The minimum atomic E-state index is 0.768. The van der Waals surface area contributed by atoms with Crippen LogP contribution in [0, 0.1) is 0 Å². The number of nitrogens with zero attached hydrogens (tertiary/aromatic N) is 3. The van der Waals surface area contributed by atoms with Crippen molar-refractivity contribution in [3.63, 3.8) is 0 Å². The van der Waals surface area contributed by atoms with Crippen molar-refractivity contribution in [1.29, 1.82) is 0 Å². The van der Waals surface area contributed by atoms with Crippen LogP contribution in [-0.2, 0) is 19.6 Å². The predicted molar refractivity (Wildman–Crippen MR) is 101 cm³/mol. The molecule has 0 bridgehead atoms. The average molecular weight is 342 g/mol. The summed E-state index contributed by atoms with van der Waals surface area (Å²) in [4.78, 5) is 7.16. The minimum Gasteiger partial charge on any atom is -0.327 e. The van der Waals surface area contributed by atoms with Gasteiger partial charge in [0.1, 0.15) is 5.82 Å².